The van der Waals surface area contributed by atoms with Crippen LogP contribution in [0.4, 0.5) is 0 Å². The highest BCUT2D eigenvalue weighted by Gasteiger charge is 2.54. The molecule has 0 amide bonds. The van der Waals surface area contributed by atoms with Crippen molar-refractivity contribution >= 4 is 11.6 Å². The molecule has 4 aliphatic carbocycles. The molecule has 18 heavy (non-hydrogen) atoms. The molecule has 0 heterocycles. The molecule has 2 bridgehead atoms. The van der Waals surface area contributed by atoms with Crippen molar-refractivity contribution in [2.75, 3.05) is 0 Å². The molecular weight excluding hydrogens is 224 g/mol. The molecule has 4 aliphatic rings. The largest absolute Gasteiger partial charge is 0.294 e. The Morgan fingerprint density at radius 2 is 1.33 bits per heavy atom. The van der Waals surface area contributed by atoms with Crippen LogP contribution in [-0.2, 0) is 6.42 Å². The summed E-state index contributed by atoms with van der Waals surface area (Å²) in [5.74, 6) is 0.956. The van der Waals surface area contributed by atoms with Crippen molar-refractivity contribution < 1.29 is 9.59 Å². The van der Waals surface area contributed by atoms with Crippen LogP contribution < -0.4 is 0 Å². The zero-order chi connectivity index (χ0) is 12.0. The fourth-order valence-corrected chi connectivity index (χ4v) is 4.26. The Labute approximate surface area is 105 Å². The van der Waals surface area contributed by atoms with Crippen LogP contribution in [0.2, 0.25) is 0 Å². The van der Waals surface area contributed by atoms with Gasteiger partial charge in [-0.15, -0.1) is 0 Å². The predicted octanol–water partition coefficient (Wildman–Crippen LogP) is 2.41. The average Bonchev–Trinajstić information content (AvgIpc) is 2.81. The molecule has 0 spiro atoms. The van der Waals surface area contributed by atoms with Crippen molar-refractivity contribution in [3.05, 3.63) is 46.5 Å². The summed E-state index contributed by atoms with van der Waals surface area (Å²) in [4.78, 5) is 25.2. The van der Waals surface area contributed by atoms with Gasteiger partial charge in [0.15, 0.2) is 11.6 Å². The standard InChI is InChI=1S/C16H12O2/c17-15-11-5-9-4-10(9)6-12(11)16(18)14-8-2-1-7(3-8)13(14)15/h1-2,5-8,13-14H,3-4H2/t7-,8+,13-,14+. The number of carbonyl (C=O) groups is 2. The lowest BCUT2D eigenvalue weighted by molar-refractivity contribution is 0.0721. The van der Waals surface area contributed by atoms with E-state index in [2.05, 4.69) is 12.2 Å². The zero-order valence-corrected chi connectivity index (χ0v) is 9.85. The molecular formula is C16H12O2. The van der Waals surface area contributed by atoms with Crippen molar-refractivity contribution in [2.45, 2.75) is 12.8 Å². The molecule has 0 aliphatic heterocycles. The Morgan fingerprint density at radius 1 is 0.833 bits per heavy atom. The Bertz CT molecular complexity index is 613. The van der Waals surface area contributed by atoms with E-state index in [1.54, 1.807) is 0 Å². The van der Waals surface area contributed by atoms with Crippen LogP contribution >= 0.6 is 0 Å². The molecule has 1 aromatic rings. The van der Waals surface area contributed by atoms with Crippen LogP contribution in [0.25, 0.3) is 0 Å². The third-order valence-corrected chi connectivity index (χ3v) is 5.19. The Balaban J connectivity index is 1.76. The molecule has 0 N–H and O–H groups in total. The SMILES string of the molecule is O=C1c2cc3c(cc2C(=O)[C@H]2[C@@H]1[C@H]1C=C[C@@H]2C1)C3. The van der Waals surface area contributed by atoms with Crippen molar-refractivity contribution in [1.82, 2.24) is 0 Å². The maximum absolute atomic E-state index is 12.6. The molecule has 88 valence electrons. The van der Waals surface area contributed by atoms with E-state index in [1.807, 2.05) is 12.1 Å². The minimum Gasteiger partial charge on any atom is -0.294 e. The quantitative estimate of drug-likeness (QED) is 0.658. The van der Waals surface area contributed by atoms with Gasteiger partial charge in [0.25, 0.3) is 0 Å². The predicted molar refractivity (Wildman–Crippen MR) is 65.6 cm³/mol. The molecule has 1 saturated carbocycles. The monoisotopic (exact) mass is 236 g/mol. The van der Waals surface area contributed by atoms with Gasteiger partial charge in [-0.25, -0.2) is 0 Å². The number of hydrogen-bond acceptors (Lipinski definition) is 2. The lowest BCUT2D eigenvalue weighted by Gasteiger charge is -2.31. The minimum absolute atomic E-state index is 0.0585. The minimum atomic E-state index is -0.0585. The first-order valence-corrected chi connectivity index (χ1v) is 6.66. The summed E-state index contributed by atoms with van der Waals surface area (Å²) >= 11 is 0. The van der Waals surface area contributed by atoms with E-state index in [0.29, 0.717) is 23.0 Å². The Hall–Kier alpha value is -1.70. The van der Waals surface area contributed by atoms with Gasteiger partial charge >= 0.3 is 0 Å². The van der Waals surface area contributed by atoms with Gasteiger partial charge in [-0.2, -0.15) is 0 Å². The van der Waals surface area contributed by atoms with Crippen molar-refractivity contribution in [3.8, 4) is 0 Å². The fraction of sp³-hybridized carbons (Fsp3) is 0.375. The third kappa shape index (κ3) is 0.890. The number of hydrogen-bond donors (Lipinski definition) is 0. The van der Waals surface area contributed by atoms with Crippen LogP contribution in [0.3, 0.4) is 0 Å². The van der Waals surface area contributed by atoms with Crippen LogP contribution in [0.15, 0.2) is 24.3 Å². The van der Waals surface area contributed by atoms with Gasteiger partial charge < -0.3 is 0 Å². The molecule has 0 saturated heterocycles. The van der Waals surface area contributed by atoms with E-state index < -0.39 is 0 Å². The number of fused-ring (bicyclic) bond motifs is 7. The van der Waals surface area contributed by atoms with Gasteiger partial charge in [0, 0.05) is 23.0 Å². The number of Topliss-reactive ketones (excluding diaryl/α,β-unsaturated/α-hetero) is 2. The summed E-state index contributed by atoms with van der Waals surface area (Å²) in [6, 6.07) is 3.94. The number of benzene rings is 1. The van der Waals surface area contributed by atoms with E-state index in [4.69, 9.17) is 0 Å². The highest BCUT2D eigenvalue weighted by Crippen LogP contribution is 2.53. The molecule has 5 rings (SSSR count). The number of rotatable bonds is 0. The van der Waals surface area contributed by atoms with E-state index in [0.717, 1.165) is 12.8 Å². The summed E-state index contributed by atoms with van der Waals surface area (Å²) in [5, 5.41) is 0. The number of carbonyl (C=O) groups excluding carboxylic acids is 2. The molecule has 1 aromatic carbocycles. The van der Waals surface area contributed by atoms with Crippen molar-refractivity contribution in [3.63, 3.8) is 0 Å². The normalized spacial score (nSPS) is 37.6. The second kappa shape index (κ2) is 2.66. The second-order valence-electron chi connectivity index (χ2n) is 6.07. The van der Waals surface area contributed by atoms with Gasteiger partial charge in [-0.3, -0.25) is 9.59 Å². The van der Waals surface area contributed by atoms with Crippen LogP contribution in [-0.4, -0.2) is 11.6 Å². The van der Waals surface area contributed by atoms with Crippen LogP contribution in [0, 0.1) is 23.7 Å². The summed E-state index contributed by atoms with van der Waals surface area (Å²) in [7, 11) is 0. The van der Waals surface area contributed by atoms with E-state index in [9.17, 15) is 9.59 Å². The summed E-state index contributed by atoms with van der Waals surface area (Å²) in [6.07, 6.45) is 6.27. The topological polar surface area (TPSA) is 34.1 Å². The highest BCUT2D eigenvalue weighted by atomic mass is 16.1. The van der Waals surface area contributed by atoms with Gasteiger partial charge in [-0.1, -0.05) is 12.2 Å². The lowest BCUT2D eigenvalue weighted by Crippen LogP contribution is -2.38. The summed E-state index contributed by atoms with van der Waals surface area (Å²) in [6.45, 7) is 0. The molecule has 1 fully saturated rings. The van der Waals surface area contributed by atoms with Crippen LogP contribution in [0.5, 0.6) is 0 Å². The lowest BCUT2D eigenvalue weighted by atomic mass is 9.69. The molecule has 2 heteroatoms. The highest BCUT2D eigenvalue weighted by molar-refractivity contribution is 6.17. The molecule has 0 aromatic heterocycles. The average molecular weight is 236 g/mol. The summed E-state index contributed by atoms with van der Waals surface area (Å²) in [5.41, 5.74) is 3.93. The second-order valence-corrected chi connectivity index (χ2v) is 6.07. The summed E-state index contributed by atoms with van der Waals surface area (Å²) < 4.78 is 0. The van der Waals surface area contributed by atoms with E-state index in [-0.39, 0.29) is 23.4 Å². The molecule has 0 radical (unpaired) electrons. The van der Waals surface area contributed by atoms with Crippen molar-refractivity contribution in [2.24, 2.45) is 23.7 Å². The fourth-order valence-electron chi connectivity index (χ4n) is 4.26. The first-order chi connectivity index (χ1) is 8.74. The van der Waals surface area contributed by atoms with Gasteiger partial charge in [0.05, 0.1) is 0 Å². The van der Waals surface area contributed by atoms with E-state index >= 15 is 0 Å². The van der Waals surface area contributed by atoms with Gasteiger partial charge in [0.1, 0.15) is 0 Å². The smallest absolute Gasteiger partial charge is 0.168 e. The van der Waals surface area contributed by atoms with Crippen molar-refractivity contribution in [1.29, 1.82) is 0 Å². The van der Waals surface area contributed by atoms with Gasteiger partial charge in [-0.05, 0) is 47.9 Å². The Kier molecular flexibility index (Phi) is 1.37. The number of allylic oxidation sites excluding steroid dienone is 2. The van der Waals surface area contributed by atoms with Gasteiger partial charge in [0.2, 0.25) is 0 Å². The first-order valence-electron chi connectivity index (χ1n) is 6.66. The maximum Gasteiger partial charge on any atom is 0.168 e. The molecule has 2 nitrogen and oxygen atoms in total. The maximum atomic E-state index is 12.6. The third-order valence-electron chi connectivity index (χ3n) is 5.19. The Morgan fingerprint density at radius 3 is 1.83 bits per heavy atom. The van der Waals surface area contributed by atoms with E-state index in [1.165, 1.54) is 11.1 Å². The zero-order valence-electron chi connectivity index (χ0n) is 9.85. The molecule has 0 unspecified atom stereocenters. The number of ketones is 2. The molecule has 4 atom stereocenters. The first kappa shape index (κ1) is 9.26. The van der Waals surface area contributed by atoms with Crippen LogP contribution in [0.1, 0.15) is 38.3 Å².